The first-order chi connectivity index (χ1) is 13.5. The molecule has 0 spiro atoms. The molecule has 152 valence electrons. The third-order valence-corrected chi connectivity index (χ3v) is 5.60. The minimum atomic E-state index is -0.968. The van der Waals surface area contributed by atoms with E-state index in [9.17, 15) is 14.4 Å². The molecule has 1 saturated heterocycles. The number of rotatable bonds is 6. The highest BCUT2D eigenvalue weighted by Gasteiger charge is 2.45. The van der Waals surface area contributed by atoms with Crippen molar-refractivity contribution in [1.82, 2.24) is 5.32 Å². The van der Waals surface area contributed by atoms with Gasteiger partial charge in [0.1, 0.15) is 11.3 Å². The van der Waals surface area contributed by atoms with Gasteiger partial charge in [-0.05, 0) is 31.9 Å². The van der Waals surface area contributed by atoms with Crippen LogP contribution in [0.3, 0.4) is 0 Å². The fraction of sp³-hybridized carbons (Fsp3) is 0.571. The van der Waals surface area contributed by atoms with Crippen LogP contribution in [-0.4, -0.2) is 43.6 Å². The second-order valence-electron chi connectivity index (χ2n) is 7.43. The minimum absolute atomic E-state index is 0.115. The molecule has 1 aliphatic heterocycles. The largest absolute Gasteiger partial charge is 0.492 e. The van der Waals surface area contributed by atoms with Crippen LogP contribution in [0, 0.1) is 5.92 Å². The number of hydrogen-bond donors (Lipinski definition) is 1. The van der Waals surface area contributed by atoms with Crippen molar-refractivity contribution in [1.29, 1.82) is 0 Å². The number of carbonyl (C=O) groups is 3. The maximum Gasteiger partial charge on any atom is 0.331 e. The smallest absolute Gasteiger partial charge is 0.331 e. The number of hydrogen-bond acceptors (Lipinski definition) is 5. The van der Waals surface area contributed by atoms with E-state index < -0.39 is 17.4 Å². The molecule has 28 heavy (non-hydrogen) atoms. The molecule has 7 heteroatoms. The Morgan fingerprint density at radius 3 is 2.61 bits per heavy atom. The standard InChI is InChI=1S/C21H28N2O5/c1-3-28-17-10-6-5-9-16(17)23-14-15(13-18(23)24)19(25)22-21(20(26)27-2)11-7-4-8-12-21/h5-6,9-10,15H,3-4,7-8,11-14H2,1-2H3,(H,22,25). The summed E-state index contributed by atoms with van der Waals surface area (Å²) in [5.41, 5.74) is -0.297. The van der Waals surface area contributed by atoms with Crippen LogP contribution >= 0.6 is 0 Å². The predicted octanol–water partition coefficient (Wildman–Crippen LogP) is 2.43. The van der Waals surface area contributed by atoms with Crippen LogP contribution in [-0.2, 0) is 19.1 Å². The van der Waals surface area contributed by atoms with Gasteiger partial charge in [-0.2, -0.15) is 0 Å². The van der Waals surface area contributed by atoms with Crippen LogP contribution in [0.25, 0.3) is 0 Å². The third kappa shape index (κ3) is 3.98. The Morgan fingerprint density at radius 2 is 1.93 bits per heavy atom. The zero-order valence-electron chi connectivity index (χ0n) is 16.5. The van der Waals surface area contributed by atoms with Crippen LogP contribution in [0.2, 0.25) is 0 Å². The molecular weight excluding hydrogens is 360 g/mol. The van der Waals surface area contributed by atoms with Gasteiger partial charge < -0.3 is 19.7 Å². The molecule has 1 atom stereocenters. The van der Waals surface area contributed by atoms with Gasteiger partial charge in [-0.1, -0.05) is 31.4 Å². The van der Waals surface area contributed by atoms with Crippen LogP contribution in [0.5, 0.6) is 5.75 Å². The summed E-state index contributed by atoms with van der Waals surface area (Å²) in [5.74, 6) is -0.674. The van der Waals surface area contributed by atoms with E-state index in [1.54, 1.807) is 4.90 Å². The number of nitrogens with zero attached hydrogens (tertiary/aromatic N) is 1. The van der Waals surface area contributed by atoms with Gasteiger partial charge in [-0.15, -0.1) is 0 Å². The average molecular weight is 388 g/mol. The van der Waals surface area contributed by atoms with Gasteiger partial charge in [0.2, 0.25) is 11.8 Å². The molecule has 7 nitrogen and oxygen atoms in total. The van der Waals surface area contributed by atoms with Gasteiger partial charge >= 0.3 is 5.97 Å². The van der Waals surface area contributed by atoms with Crippen LogP contribution in [0.1, 0.15) is 45.4 Å². The molecule has 0 aromatic heterocycles. The van der Waals surface area contributed by atoms with Gasteiger partial charge in [-0.25, -0.2) is 4.79 Å². The molecule has 0 radical (unpaired) electrons. The molecule has 1 aromatic carbocycles. The molecule has 2 aliphatic rings. The first kappa shape index (κ1) is 20.2. The number of carbonyl (C=O) groups excluding carboxylic acids is 3. The van der Waals surface area contributed by atoms with E-state index in [0.717, 1.165) is 19.3 Å². The van der Waals surface area contributed by atoms with Crippen molar-refractivity contribution < 1.29 is 23.9 Å². The zero-order chi connectivity index (χ0) is 20.1. The molecule has 2 amide bonds. The summed E-state index contributed by atoms with van der Waals surface area (Å²) in [6.45, 7) is 2.64. The second kappa shape index (κ2) is 8.63. The van der Waals surface area contributed by atoms with E-state index >= 15 is 0 Å². The lowest BCUT2D eigenvalue weighted by atomic mass is 9.81. The van der Waals surface area contributed by atoms with Crippen molar-refractivity contribution >= 4 is 23.5 Å². The minimum Gasteiger partial charge on any atom is -0.492 e. The third-order valence-electron chi connectivity index (χ3n) is 5.60. The lowest BCUT2D eigenvalue weighted by Gasteiger charge is -2.35. The Kier molecular flexibility index (Phi) is 6.21. The lowest BCUT2D eigenvalue weighted by molar-refractivity contribution is -0.153. The monoisotopic (exact) mass is 388 g/mol. The number of methoxy groups -OCH3 is 1. The van der Waals surface area contributed by atoms with E-state index in [-0.39, 0.29) is 24.8 Å². The summed E-state index contributed by atoms with van der Waals surface area (Å²) < 4.78 is 10.6. The molecule has 0 bridgehead atoms. The van der Waals surface area contributed by atoms with Gasteiger partial charge in [-0.3, -0.25) is 9.59 Å². The van der Waals surface area contributed by atoms with Crippen molar-refractivity contribution in [2.24, 2.45) is 5.92 Å². The summed E-state index contributed by atoms with van der Waals surface area (Å²) in [7, 11) is 1.34. The first-order valence-electron chi connectivity index (χ1n) is 9.93. The Morgan fingerprint density at radius 1 is 1.21 bits per heavy atom. The van der Waals surface area contributed by atoms with Gasteiger partial charge in [0, 0.05) is 13.0 Å². The fourth-order valence-electron chi connectivity index (χ4n) is 4.14. The molecule has 1 aromatic rings. The van der Waals surface area contributed by atoms with Crippen LogP contribution in [0.15, 0.2) is 24.3 Å². The van der Waals surface area contributed by atoms with E-state index in [0.29, 0.717) is 30.9 Å². The fourth-order valence-corrected chi connectivity index (χ4v) is 4.14. The van der Waals surface area contributed by atoms with Crippen molar-refractivity contribution in [3.63, 3.8) is 0 Å². The second-order valence-corrected chi connectivity index (χ2v) is 7.43. The van der Waals surface area contributed by atoms with Crippen LogP contribution in [0.4, 0.5) is 5.69 Å². The van der Waals surface area contributed by atoms with E-state index in [4.69, 9.17) is 9.47 Å². The highest BCUT2D eigenvalue weighted by molar-refractivity contribution is 6.02. The number of ether oxygens (including phenoxy) is 2. The highest BCUT2D eigenvalue weighted by atomic mass is 16.5. The zero-order valence-corrected chi connectivity index (χ0v) is 16.5. The molecule has 1 unspecified atom stereocenters. The van der Waals surface area contributed by atoms with Crippen molar-refractivity contribution in [2.45, 2.75) is 51.0 Å². The summed E-state index contributed by atoms with van der Waals surface area (Å²) in [4.78, 5) is 39.5. The first-order valence-corrected chi connectivity index (χ1v) is 9.93. The molecular formula is C21H28N2O5. The summed E-state index contributed by atoms with van der Waals surface area (Å²) in [6, 6.07) is 7.32. The molecule has 1 heterocycles. The quantitative estimate of drug-likeness (QED) is 0.757. The molecule has 1 N–H and O–H groups in total. The van der Waals surface area contributed by atoms with Gasteiger partial charge in [0.05, 0.1) is 25.3 Å². The summed E-state index contributed by atoms with van der Waals surface area (Å²) >= 11 is 0. The number of esters is 1. The molecule has 3 rings (SSSR count). The van der Waals surface area contributed by atoms with Crippen molar-refractivity contribution in [2.75, 3.05) is 25.2 Å². The number of amides is 2. The van der Waals surface area contributed by atoms with Gasteiger partial charge in [0.25, 0.3) is 0 Å². The Hall–Kier alpha value is -2.57. The normalized spacial score (nSPS) is 21.3. The maximum absolute atomic E-state index is 12.9. The Bertz CT molecular complexity index is 742. The number of nitrogens with one attached hydrogen (secondary N) is 1. The number of anilines is 1. The SMILES string of the molecule is CCOc1ccccc1N1CC(C(=O)NC2(C(=O)OC)CCCCC2)CC1=O. The topological polar surface area (TPSA) is 84.9 Å². The molecule has 1 aliphatic carbocycles. The summed E-state index contributed by atoms with van der Waals surface area (Å²) in [6.07, 6.45) is 4.04. The Balaban J connectivity index is 1.74. The number of benzene rings is 1. The van der Waals surface area contributed by atoms with E-state index in [1.165, 1.54) is 7.11 Å². The van der Waals surface area contributed by atoms with E-state index in [1.807, 2.05) is 31.2 Å². The van der Waals surface area contributed by atoms with Crippen molar-refractivity contribution in [3.05, 3.63) is 24.3 Å². The predicted molar refractivity (Wildman–Crippen MR) is 104 cm³/mol. The average Bonchev–Trinajstić information content (AvgIpc) is 3.10. The van der Waals surface area contributed by atoms with Crippen molar-refractivity contribution in [3.8, 4) is 5.75 Å². The maximum atomic E-state index is 12.9. The summed E-state index contributed by atoms with van der Waals surface area (Å²) in [5, 5.41) is 2.93. The number of para-hydroxylation sites is 2. The Labute approximate surface area is 165 Å². The lowest BCUT2D eigenvalue weighted by Crippen LogP contribution is -2.57. The van der Waals surface area contributed by atoms with Crippen LogP contribution < -0.4 is 15.0 Å². The molecule has 2 fully saturated rings. The molecule has 1 saturated carbocycles. The van der Waals surface area contributed by atoms with E-state index in [2.05, 4.69) is 5.32 Å². The van der Waals surface area contributed by atoms with Gasteiger partial charge in [0.15, 0.2) is 0 Å². The highest BCUT2D eigenvalue weighted by Crippen LogP contribution is 2.34.